The van der Waals surface area contributed by atoms with Crippen LogP contribution in [0.4, 0.5) is 5.69 Å². The number of anilines is 1. The Hall–Kier alpha value is -2.99. The molecule has 0 radical (unpaired) electrons. The van der Waals surface area contributed by atoms with Crippen LogP contribution in [0.25, 0.3) is 0 Å². The number of hydrogen-bond donors (Lipinski definition) is 3. The molecule has 1 heterocycles. The molecule has 3 atom stereocenters. The van der Waals surface area contributed by atoms with Crippen LogP contribution in [0, 0.1) is 18.8 Å². The quantitative estimate of drug-likeness (QED) is 0.538. The lowest BCUT2D eigenvalue weighted by Crippen LogP contribution is -2.47. The van der Waals surface area contributed by atoms with Gasteiger partial charge in [0, 0.05) is 11.1 Å². The van der Waals surface area contributed by atoms with Gasteiger partial charge in [0.15, 0.2) is 0 Å². The summed E-state index contributed by atoms with van der Waals surface area (Å²) in [5.41, 5.74) is 4.07. The summed E-state index contributed by atoms with van der Waals surface area (Å²) in [4.78, 5) is 31.1. The van der Waals surface area contributed by atoms with Gasteiger partial charge >= 0.3 is 0 Å². The Morgan fingerprint density at radius 1 is 1.21 bits per heavy atom. The Balaban J connectivity index is 1.64. The first-order valence-electron chi connectivity index (χ1n) is 12.0. The van der Waals surface area contributed by atoms with Crippen LogP contribution in [0.5, 0.6) is 0 Å². The van der Waals surface area contributed by atoms with Gasteiger partial charge in [-0.2, -0.15) is 0 Å². The second-order valence-corrected chi connectivity index (χ2v) is 9.29. The van der Waals surface area contributed by atoms with Crippen LogP contribution in [-0.4, -0.2) is 34.9 Å². The standard InChI is InChI=1S/C27H33N3O3/c1-3-4-10-23(31)21(16-18-12-13-18)26(32)30-25-27(33)28-22-14-11-17(2)15-20(22)24(29-25)19-8-6-5-7-9-19/h5-9,11,14-15,18,21,23,25,31H,3-4,10,12-13,16H2,1-2H3,(H,28,33)(H,30,32)/t21-,23+,25?/m1/s1. The van der Waals surface area contributed by atoms with E-state index in [0.29, 0.717) is 30.2 Å². The molecule has 0 saturated heterocycles. The SMILES string of the molecule is CCCC[C@H](O)[C@@H](CC1CC1)C(=O)NC1N=C(c2ccccc2)c2cc(C)ccc2NC1=O. The van der Waals surface area contributed by atoms with Crippen molar-refractivity contribution in [3.05, 3.63) is 65.2 Å². The number of rotatable bonds is 9. The van der Waals surface area contributed by atoms with Crippen LogP contribution in [0.3, 0.4) is 0 Å². The predicted octanol–water partition coefficient (Wildman–Crippen LogP) is 4.19. The van der Waals surface area contributed by atoms with Crippen molar-refractivity contribution in [1.82, 2.24) is 5.32 Å². The number of aliphatic imine (C=N–C) groups is 1. The first-order chi connectivity index (χ1) is 16.0. The summed E-state index contributed by atoms with van der Waals surface area (Å²) in [6.45, 7) is 4.06. The smallest absolute Gasteiger partial charge is 0.269 e. The average molecular weight is 448 g/mol. The zero-order valence-electron chi connectivity index (χ0n) is 19.4. The molecule has 6 heteroatoms. The second-order valence-electron chi connectivity index (χ2n) is 9.29. The lowest BCUT2D eigenvalue weighted by Gasteiger charge is -2.24. The van der Waals surface area contributed by atoms with Crippen LogP contribution in [0.15, 0.2) is 53.5 Å². The maximum atomic E-state index is 13.3. The van der Waals surface area contributed by atoms with E-state index in [4.69, 9.17) is 4.99 Å². The topological polar surface area (TPSA) is 90.8 Å². The number of carbonyl (C=O) groups is 2. The highest BCUT2D eigenvalue weighted by Gasteiger charge is 2.36. The highest BCUT2D eigenvalue weighted by Crippen LogP contribution is 2.37. The van der Waals surface area contributed by atoms with Crippen molar-refractivity contribution in [1.29, 1.82) is 0 Å². The Kier molecular flexibility index (Phi) is 7.23. The molecule has 0 bridgehead atoms. The molecule has 2 amide bonds. The third-order valence-electron chi connectivity index (χ3n) is 6.46. The van der Waals surface area contributed by atoms with Gasteiger partial charge in [-0.15, -0.1) is 0 Å². The number of aryl methyl sites for hydroxylation is 1. The van der Waals surface area contributed by atoms with Crippen LogP contribution in [-0.2, 0) is 9.59 Å². The normalized spacial score (nSPS) is 19.5. The first kappa shape index (κ1) is 23.2. The van der Waals surface area contributed by atoms with Crippen molar-refractivity contribution < 1.29 is 14.7 Å². The number of fused-ring (bicyclic) bond motifs is 1. The van der Waals surface area contributed by atoms with E-state index in [1.165, 1.54) is 0 Å². The van der Waals surface area contributed by atoms with E-state index >= 15 is 0 Å². The number of aliphatic hydroxyl groups is 1. The average Bonchev–Trinajstić information content (AvgIpc) is 3.65. The summed E-state index contributed by atoms with van der Waals surface area (Å²) < 4.78 is 0. The van der Waals surface area contributed by atoms with Crippen molar-refractivity contribution in [2.75, 3.05) is 5.32 Å². The van der Waals surface area contributed by atoms with Crippen molar-refractivity contribution in [2.24, 2.45) is 16.8 Å². The summed E-state index contributed by atoms with van der Waals surface area (Å²) in [5.74, 6) is -0.729. The van der Waals surface area contributed by atoms with Gasteiger partial charge in [0.2, 0.25) is 12.1 Å². The molecule has 0 aromatic heterocycles. The highest BCUT2D eigenvalue weighted by molar-refractivity contribution is 6.20. The molecule has 6 nitrogen and oxygen atoms in total. The van der Waals surface area contributed by atoms with Crippen molar-refractivity contribution in [3.8, 4) is 0 Å². The molecule has 1 saturated carbocycles. The summed E-state index contributed by atoms with van der Waals surface area (Å²) in [5, 5.41) is 16.5. The minimum atomic E-state index is -1.07. The maximum Gasteiger partial charge on any atom is 0.269 e. The molecule has 1 aliphatic carbocycles. The van der Waals surface area contributed by atoms with Crippen molar-refractivity contribution in [3.63, 3.8) is 0 Å². The number of nitrogens with zero attached hydrogens (tertiary/aromatic N) is 1. The molecule has 1 aliphatic heterocycles. The summed E-state index contributed by atoms with van der Waals surface area (Å²) in [6.07, 6.45) is 3.48. The summed E-state index contributed by atoms with van der Waals surface area (Å²) in [6, 6.07) is 15.5. The van der Waals surface area contributed by atoms with Gasteiger partial charge < -0.3 is 15.7 Å². The van der Waals surface area contributed by atoms with Crippen molar-refractivity contribution in [2.45, 2.75) is 64.6 Å². The fourth-order valence-corrected chi connectivity index (χ4v) is 4.35. The van der Waals surface area contributed by atoms with E-state index in [1.807, 2.05) is 55.5 Å². The number of aliphatic hydroxyl groups excluding tert-OH is 1. The maximum absolute atomic E-state index is 13.3. The molecule has 3 N–H and O–H groups in total. The van der Waals surface area contributed by atoms with E-state index in [0.717, 1.165) is 42.4 Å². The van der Waals surface area contributed by atoms with Gasteiger partial charge in [0.25, 0.3) is 5.91 Å². The highest BCUT2D eigenvalue weighted by atomic mass is 16.3. The Bertz CT molecular complexity index is 1030. The fourth-order valence-electron chi connectivity index (χ4n) is 4.35. The van der Waals surface area contributed by atoms with E-state index in [-0.39, 0.29) is 11.8 Å². The minimum absolute atomic E-state index is 0.302. The molecule has 1 unspecified atom stereocenters. The molecular formula is C27H33N3O3. The molecule has 1 fully saturated rings. The Labute approximate surface area is 195 Å². The monoisotopic (exact) mass is 447 g/mol. The van der Waals surface area contributed by atoms with Gasteiger partial charge in [-0.25, -0.2) is 4.99 Å². The van der Waals surface area contributed by atoms with E-state index in [9.17, 15) is 14.7 Å². The Morgan fingerprint density at radius 2 is 1.97 bits per heavy atom. The third kappa shape index (κ3) is 5.69. The second kappa shape index (κ2) is 10.3. The van der Waals surface area contributed by atoms with E-state index in [2.05, 4.69) is 17.6 Å². The lowest BCUT2D eigenvalue weighted by molar-refractivity contribution is -0.132. The van der Waals surface area contributed by atoms with Crippen LogP contribution in [0.2, 0.25) is 0 Å². The first-order valence-corrected chi connectivity index (χ1v) is 12.0. The minimum Gasteiger partial charge on any atom is -0.392 e. The van der Waals surface area contributed by atoms with Gasteiger partial charge in [-0.05, 0) is 37.8 Å². The third-order valence-corrected chi connectivity index (χ3v) is 6.46. The van der Waals surface area contributed by atoms with E-state index < -0.39 is 18.2 Å². The van der Waals surface area contributed by atoms with E-state index in [1.54, 1.807) is 0 Å². The molecule has 0 spiro atoms. The summed E-state index contributed by atoms with van der Waals surface area (Å²) in [7, 11) is 0. The predicted molar refractivity (Wildman–Crippen MR) is 130 cm³/mol. The number of hydrogen-bond acceptors (Lipinski definition) is 4. The number of amides is 2. The van der Waals surface area contributed by atoms with Crippen molar-refractivity contribution >= 4 is 23.2 Å². The van der Waals surface area contributed by atoms with Crippen LogP contribution >= 0.6 is 0 Å². The fraction of sp³-hybridized carbons (Fsp3) is 0.444. The zero-order valence-corrected chi connectivity index (χ0v) is 19.4. The van der Waals surface area contributed by atoms with Gasteiger partial charge in [-0.3, -0.25) is 9.59 Å². The molecule has 2 aliphatic rings. The van der Waals surface area contributed by atoms with Gasteiger partial charge in [-0.1, -0.05) is 74.6 Å². The lowest BCUT2D eigenvalue weighted by atomic mass is 9.91. The number of unbranched alkanes of at least 4 members (excludes halogenated alkanes) is 1. The largest absolute Gasteiger partial charge is 0.392 e. The Morgan fingerprint density at radius 3 is 2.67 bits per heavy atom. The summed E-state index contributed by atoms with van der Waals surface area (Å²) >= 11 is 0. The van der Waals surface area contributed by atoms with Crippen LogP contribution in [0.1, 0.15) is 62.1 Å². The number of nitrogens with one attached hydrogen (secondary N) is 2. The molecule has 4 rings (SSSR count). The molecular weight excluding hydrogens is 414 g/mol. The molecule has 174 valence electrons. The van der Waals surface area contributed by atoms with Gasteiger partial charge in [0.1, 0.15) is 0 Å². The zero-order chi connectivity index (χ0) is 23.4. The van der Waals surface area contributed by atoms with Gasteiger partial charge in [0.05, 0.1) is 23.4 Å². The number of benzene rings is 2. The number of benzodiazepines with no additional fused rings is 1. The van der Waals surface area contributed by atoms with Crippen LogP contribution < -0.4 is 10.6 Å². The molecule has 33 heavy (non-hydrogen) atoms. The number of carbonyl (C=O) groups excluding carboxylic acids is 2. The molecule has 2 aromatic rings. The molecule has 2 aromatic carbocycles.